The summed E-state index contributed by atoms with van der Waals surface area (Å²) in [5.74, 6) is 3.04. The first-order chi connectivity index (χ1) is 8.68. The number of nitrogens with two attached hydrogens (primary N) is 1. The van der Waals surface area contributed by atoms with Gasteiger partial charge < -0.3 is 10.7 Å². The van der Waals surface area contributed by atoms with Crippen molar-refractivity contribution in [2.75, 3.05) is 0 Å². The molecule has 18 heavy (non-hydrogen) atoms. The second kappa shape index (κ2) is 3.63. The minimum Gasteiger partial charge on any atom is -0.362 e. The van der Waals surface area contributed by atoms with Gasteiger partial charge in [0.2, 0.25) is 0 Å². The molecule has 0 spiro atoms. The molecular formula is C16H24N2. The number of rotatable bonds is 2. The van der Waals surface area contributed by atoms with Crippen LogP contribution in [0.1, 0.15) is 55.5 Å². The Morgan fingerprint density at radius 2 is 1.72 bits per heavy atom. The van der Waals surface area contributed by atoms with Crippen molar-refractivity contribution in [2.45, 2.75) is 57.4 Å². The highest BCUT2D eigenvalue weighted by atomic mass is 14.8. The van der Waals surface area contributed by atoms with Crippen LogP contribution in [0.5, 0.6) is 0 Å². The molecule has 1 aromatic heterocycles. The second-order valence-corrected chi connectivity index (χ2v) is 7.24. The fourth-order valence-electron chi connectivity index (χ4n) is 5.54. The van der Waals surface area contributed by atoms with Crippen LogP contribution < -0.4 is 5.73 Å². The predicted octanol–water partition coefficient (Wildman–Crippen LogP) is 3.25. The van der Waals surface area contributed by atoms with E-state index < -0.39 is 0 Å². The summed E-state index contributed by atoms with van der Waals surface area (Å²) in [6, 6.07) is 2.38. The molecule has 0 radical (unpaired) electrons. The van der Waals surface area contributed by atoms with E-state index in [9.17, 15) is 0 Å². The topological polar surface area (TPSA) is 41.8 Å². The van der Waals surface area contributed by atoms with Crippen molar-refractivity contribution in [2.24, 2.45) is 23.5 Å². The maximum atomic E-state index is 5.84. The van der Waals surface area contributed by atoms with E-state index in [0.717, 1.165) is 17.8 Å². The zero-order valence-corrected chi connectivity index (χ0v) is 11.3. The van der Waals surface area contributed by atoms with Crippen molar-refractivity contribution in [3.05, 3.63) is 23.0 Å². The Morgan fingerprint density at radius 3 is 2.17 bits per heavy atom. The van der Waals surface area contributed by atoms with Gasteiger partial charge in [0.15, 0.2) is 0 Å². The van der Waals surface area contributed by atoms with E-state index in [1.54, 1.807) is 0 Å². The predicted molar refractivity (Wildman–Crippen MR) is 73.3 cm³/mol. The Kier molecular flexibility index (Phi) is 2.24. The van der Waals surface area contributed by atoms with E-state index in [2.05, 4.69) is 18.0 Å². The molecule has 1 aromatic rings. The fraction of sp³-hybridized carbons (Fsp3) is 0.750. The van der Waals surface area contributed by atoms with Gasteiger partial charge in [0.25, 0.3) is 0 Å². The highest BCUT2D eigenvalue weighted by Crippen LogP contribution is 2.60. The van der Waals surface area contributed by atoms with Gasteiger partial charge >= 0.3 is 0 Å². The average Bonchev–Trinajstić information content (AvgIpc) is 2.69. The third-order valence-corrected chi connectivity index (χ3v) is 5.95. The number of aromatic amines is 1. The Balaban J connectivity index is 1.74. The average molecular weight is 244 g/mol. The minimum absolute atomic E-state index is 0.493. The van der Waals surface area contributed by atoms with Gasteiger partial charge in [0, 0.05) is 23.3 Å². The summed E-state index contributed by atoms with van der Waals surface area (Å²) in [5.41, 5.74) is 10.5. The lowest BCUT2D eigenvalue weighted by molar-refractivity contribution is -0.00701. The summed E-state index contributed by atoms with van der Waals surface area (Å²) in [6.45, 7) is 2.85. The third-order valence-electron chi connectivity index (χ3n) is 5.95. The highest BCUT2D eigenvalue weighted by Gasteiger charge is 2.52. The normalized spacial score (nSPS) is 41.6. The van der Waals surface area contributed by atoms with E-state index in [-0.39, 0.29) is 0 Å². The molecule has 3 N–H and O–H groups in total. The van der Waals surface area contributed by atoms with Crippen molar-refractivity contribution in [3.8, 4) is 0 Å². The Morgan fingerprint density at radius 1 is 1.17 bits per heavy atom. The molecule has 0 unspecified atom stereocenters. The summed E-state index contributed by atoms with van der Waals surface area (Å²) in [6.07, 6.45) is 8.85. The molecule has 2 heteroatoms. The van der Waals surface area contributed by atoms with Gasteiger partial charge in [-0.3, -0.25) is 0 Å². The molecule has 1 heterocycles. The van der Waals surface area contributed by atoms with Crippen molar-refractivity contribution in [1.82, 2.24) is 4.98 Å². The molecule has 5 rings (SSSR count). The molecule has 0 aliphatic heterocycles. The largest absolute Gasteiger partial charge is 0.362 e. The van der Waals surface area contributed by atoms with Gasteiger partial charge in [-0.1, -0.05) is 0 Å². The molecule has 98 valence electrons. The second-order valence-electron chi connectivity index (χ2n) is 7.24. The molecule has 0 atom stereocenters. The monoisotopic (exact) mass is 244 g/mol. The van der Waals surface area contributed by atoms with Gasteiger partial charge in [-0.25, -0.2) is 0 Å². The molecule has 4 saturated carbocycles. The molecular weight excluding hydrogens is 220 g/mol. The summed E-state index contributed by atoms with van der Waals surface area (Å²) >= 11 is 0. The maximum Gasteiger partial charge on any atom is 0.0215 e. The zero-order chi connectivity index (χ0) is 12.3. The lowest BCUT2D eigenvalue weighted by atomic mass is 9.49. The van der Waals surface area contributed by atoms with Crippen LogP contribution in [0.15, 0.2) is 6.07 Å². The van der Waals surface area contributed by atoms with Crippen LogP contribution in [-0.2, 0) is 12.0 Å². The van der Waals surface area contributed by atoms with Gasteiger partial charge in [-0.15, -0.1) is 0 Å². The number of H-pyrrole nitrogens is 1. The van der Waals surface area contributed by atoms with Crippen molar-refractivity contribution in [1.29, 1.82) is 0 Å². The Hall–Kier alpha value is -0.760. The lowest BCUT2D eigenvalue weighted by Crippen LogP contribution is -2.48. The van der Waals surface area contributed by atoms with Crippen LogP contribution >= 0.6 is 0 Å². The zero-order valence-electron chi connectivity index (χ0n) is 11.3. The molecule has 0 amide bonds. The first-order valence-electron chi connectivity index (χ1n) is 7.57. The summed E-state index contributed by atoms with van der Waals surface area (Å²) in [4.78, 5) is 3.67. The summed E-state index contributed by atoms with van der Waals surface area (Å²) < 4.78 is 0. The van der Waals surface area contributed by atoms with E-state index >= 15 is 0 Å². The summed E-state index contributed by atoms with van der Waals surface area (Å²) in [5, 5.41) is 0. The Labute approximate surface area is 109 Å². The molecule has 4 aliphatic rings. The van der Waals surface area contributed by atoms with Gasteiger partial charge in [0.1, 0.15) is 0 Å². The number of hydrogen-bond acceptors (Lipinski definition) is 1. The van der Waals surface area contributed by atoms with Crippen LogP contribution in [0.4, 0.5) is 0 Å². The van der Waals surface area contributed by atoms with Gasteiger partial charge in [-0.05, 0) is 74.8 Å². The fourth-order valence-corrected chi connectivity index (χ4v) is 5.54. The van der Waals surface area contributed by atoms with Crippen molar-refractivity contribution >= 4 is 0 Å². The molecule has 0 saturated heterocycles. The lowest BCUT2D eigenvalue weighted by Gasteiger charge is -2.56. The molecule has 4 aliphatic carbocycles. The van der Waals surface area contributed by atoms with Crippen LogP contribution in [0.2, 0.25) is 0 Å². The van der Waals surface area contributed by atoms with Gasteiger partial charge in [0.05, 0.1) is 0 Å². The SMILES string of the molecule is Cc1[nH]c(C23CC4CC(CC(C4)C2)C3)cc1CN. The van der Waals surface area contributed by atoms with E-state index in [1.807, 2.05) is 0 Å². The van der Waals surface area contributed by atoms with Crippen LogP contribution in [0, 0.1) is 24.7 Å². The van der Waals surface area contributed by atoms with Crippen LogP contribution in [-0.4, -0.2) is 4.98 Å². The minimum atomic E-state index is 0.493. The van der Waals surface area contributed by atoms with Crippen molar-refractivity contribution < 1.29 is 0 Å². The standard InChI is InChI=1S/C16H24N2/c1-10-14(9-17)5-15(18-10)16-6-11-2-12(7-16)4-13(3-11)8-16/h5,11-13,18H,2-4,6-9,17H2,1H3. The quantitative estimate of drug-likeness (QED) is 0.824. The number of nitrogens with one attached hydrogen (secondary N) is 1. The van der Waals surface area contributed by atoms with E-state index in [1.165, 1.54) is 55.5 Å². The molecule has 4 bridgehead atoms. The van der Waals surface area contributed by atoms with Crippen LogP contribution in [0.25, 0.3) is 0 Å². The van der Waals surface area contributed by atoms with E-state index in [0.29, 0.717) is 12.0 Å². The van der Waals surface area contributed by atoms with Gasteiger partial charge in [-0.2, -0.15) is 0 Å². The number of hydrogen-bond donors (Lipinski definition) is 2. The smallest absolute Gasteiger partial charge is 0.0215 e. The van der Waals surface area contributed by atoms with Crippen molar-refractivity contribution in [3.63, 3.8) is 0 Å². The maximum absolute atomic E-state index is 5.84. The number of aryl methyl sites for hydroxylation is 1. The number of aromatic nitrogens is 1. The Bertz CT molecular complexity index is 436. The highest BCUT2D eigenvalue weighted by molar-refractivity contribution is 5.32. The molecule has 4 fully saturated rings. The first-order valence-corrected chi connectivity index (χ1v) is 7.57. The van der Waals surface area contributed by atoms with E-state index in [4.69, 9.17) is 5.73 Å². The molecule has 2 nitrogen and oxygen atoms in total. The van der Waals surface area contributed by atoms with Crippen LogP contribution in [0.3, 0.4) is 0 Å². The first kappa shape index (κ1) is 11.1. The summed E-state index contributed by atoms with van der Waals surface area (Å²) in [7, 11) is 0. The third kappa shape index (κ3) is 1.45. The molecule has 0 aromatic carbocycles.